The van der Waals surface area contributed by atoms with Crippen molar-refractivity contribution in [3.05, 3.63) is 57.8 Å². The van der Waals surface area contributed by atoms with Gasteiger partial charge in [0.1, 0.15) is 0 Å². The van der Waals surface area contributed by atoms with Crippen LogP contribution in [0, 0.1) is 0 Å². The average molecular weight is 345 g/mol. The number of nitrogens with one attached hydrogen (secondary N) is 2. The zero-order valence-corrected chi connectivity index (χ0v) is 13.9. The van der Waals surface area contributed by atoms with E-state index in [1.807, 2.05) is 5.38 Å². The molecule has 0 aliphatic heterocycles. The first-order chi connectivity index (χ1) is 11.6. The third kappa shape index (κ3) is 5.51. The van der Waals surface area contributed by atoms with Crippen molar-refractivity contribution in [3.63, 3.8) is 0 Å². The lowest BCUT2D eigenvalue weighted by Crippen LogP contribution is -2.27. The van der Waals surface area contributed by atoms with Gasteiger partial charge in [-0.15, -0.1) is 0 Å². The number of hydrogen-bond acceptors (Lipinski definition) is 4. The van der Waals surface area contributed by atoms with Gasteiger partial charge in [-0.1, -0.05) is 12.1 Å². The Kier molecular flexibility index (Phi) is 6.51. The van der Waals surface area contributed by atoms with Gasteiger partial charge in [-0.25, -0.2) is 0 Å². The van der Waals surface area contributed by atoms with Crippen LogP contribution in [0.4, 0.5) is 0 Å². The first-order valence-electron chi connectivity index (χ1n) is 7.52. The van der Waals surface area contributed by atoms with Crippen molar-refractivity contribution in [1.29, 1.82) is 0 Å². The smallest absolute Gasteiger partial charge is 0.252 e. The fraction of sp³-hybridized carbons (Fsp3) is 0.235. The molecule has 2 rings (SSSR count). The summed E-state index contributed by atoms with van der Waals surface area (Å²) in [5, 5.41) is 9.20. The third-order valence-electron chi connectivity index (χ3n) is 3.38. The third-order valence-corrected chi connectivity index (χ3v) is 4.06. The molecule has 6 nitrogen and oxygen atoms in total. The summed E-state index contributed by atoms with van der Waals surface area (Å²) in [6.07, 6.45) is 0.908. The SMILES string of the molecule is NC(=O)c1ccc(CNC(=O)CCCNC(=O)c2ccsc2)cc1. The molecule has 0 unspecified atom stereocenters. The highest BCUT2D eigenvalue weighted by atomic mass is 32.1. The van der Waals surface area contributed by atoms with E-state index < -0.39 is 5.91 Å². The van der Waals surface area contributed by atoms with Crippen molar-refractivity contribution in [2.45, 2.75) is 19.4 Å². The number of primary amides is 1. The fourth-order valence-corrected chi connectivity index (χ4v) is 2.66. The highest BCUT2D eigenvalue weighted by molar-refractivity contribution is 7.08. The summed E-state index contributed by atoms with van der Waals surface area (Å²) in [5.41, 5.74) is 7.14. The minimum atomic E-state index is -0.477. The van der Waals surface area contributed by atoms with Crippen LogP contribution in [0.1, 0.15) is 39.1 Å². The number of thiophene rings is 1. The first kappa shape index (κ1) is 17.7. The average Bonchev–Trinajstić information content (AvgIpc) is 3.11. The largest absolute Gasteiger partial charge is 0.366 e. The summed E-state index contributed by atoms with van der Waals surface area (Å²) in [4.78, 5) is 34.4. The van der Waals surface area contributed by atoms with E-state index in [1.165, 1.54) is 11.3 Å². The van der Waals surface area contributed by atoms with E-state index in [-0.39, 0.29) is 11.8 Å². The molecule has 0 fully saturated rings. The first-order valence-corrected chi connectivity index (χ1v) is 8.46. The zero-order valence-electron chi connectivity index (χ0n) is 13.1. The molecule has 1 heterocycles. The zero-order chi connectivity index (χ0) is 17.4. The molecule has 0 aliphatic carbocycles. The van der Waals surface area contributed by atoms with Gasteiger partial charge in [-0.2, -0.15) is 11.3 Å². The summed E-state index contributed by atoms with van der Waals surface area (Å²) >= 11 is 1.47. The lowest BCUT2D eigenvalue weighted by molar-refractivity contribution is -0.121. The Hall–Kier alpha value is -2.67. The molecule has 0 atom stereocenters. The highest BCUT2D eigenvalue weighted by Crippen LogP contribution is 2.05. The second-order valence-electron chi connectivity index (χ2n) is 5.21. The van der Waals surface area contributed by atoms with E-state index in [0.717, 1.165) is 5.56 Å². The van der Waals surface area contributed by atoms with Gasteiger partial charge in [-0.05, 0) is 35.6 Å². The molecule has 0 saturated heterocycles. The van der Waals surface area contributed by atoms with Crippen molar-refractivity contribution in [2.75, 3.05) is 6.54 Å². The number of nitrogens with two attached hydrogens (primary N) is 1. The molecular weight excluding hydrogens is 326 g/mol. The van der Waals surface area contributed by atoms with Crippen molar-refractivity contribution in [3.8, 4) is 0 Å². The van der Waals surface area contributed by atoms with Crippen molar-refractivity contribution in [1.82, 2.24) is 10.6 Å². The molecule has 2 aromatic rings. The van der Waals surface area contributed by atoms with Gasteiger partial charge in [0.2, 0.25) is 11.8 Å². The fourth-order valence-electron chi connectivity index (χ4n) is 2.02. The Morgan fingerprint density at radius 2 is 1.75 bits per heavy atom. The molecule has 0 spiro atoms. The predicted molar refractivity (Wildman–Crippen MR) is 92.7 cm³/mol. The van der Waals surface area contributed by atoms with E-state index in [0.29, 0.717) is 37.1 Å². The summed E-state index contributed by atoms with van der Waals surface area (Å²) in [6, 6.07) is 8.52. The molecule has 0 saturated carbocycles. The molecule has 1 aromatic carbocycles. The Morgan fingerprint density at radius 3 is 2.38 bits per heavy atom. The van der Waals surface area contributed by atoms with Gasteiger partial charge in [-0.3, -0.25) is 14.4 Å². The topological polar surface area (TPSA) is 101 Å². The molecule has 3 amide bonds. The molecule has 126 valence electrons. The number of carbonyl (C=O) groups excluding carboxylic acids is 3. The summed E-state index contributed by atoms with van der Waals surface area (Å²) in [6.45, 7) is 0.842. The monoisotopic (exact) mass is 345 g/mol. The minimum Gasteiger partial charge on any atom is -0.366 e. The molecule has 24 heavy (non-hydrogen) atoms. The van der Waals surface area contributed by atoms with E-state index in [1.54, 1.807) is 35.7 Å². The van der Waals surface area contributed by atoms with Crippen LogP contribution in [-0.2, 0) is 11.3 Å². The van der Waals surface area contributed by atoms with Crippen LogP contribution in [0.5, 0.6) is 0 Å². The summed E-state index contributed by atoms with van der Waals surface area (Å²) in [5.74, 6) is -0.681. The molecule has 0 aliphatic rings. The van der Waals surface area contributed by atoms with E-state index >= 15 is 0 Å². The number of hydrogen-bond donors (Lipinski definition) is 3. The Bertz CT molecular complexity index is 696. The minimum absolute atomic E-state index is 0.0845. The van der Waals surface area contributed by atoms with Crippen molar-refractivity contribution in [2.24, 2.45) is 5.73 Å². The predicted octanol–water partition coefficient (Wildman–Crippen LogP) is 1.67. The van der Waals surface area contributed by atoms with E-state index in [4.69, 9.17) is 5.73 Å². The quantitative estimate of drug-likeness (QED) is 0.634. The van der Waals surface area contributed by atoms with E-state index in [2.05, 4.69) is 10.6 Å². The molecule has 1 aromatic heterocycles. The van der Waals surface area contributed by atoms with Crippen LogP contribution < -0.4 is 16.4 Å². The summed E-state index contributed by atoms with van der Waals surface area (Å²) in [7, 11) is 0. The molecular formula is C17H19N3O3S. The number of benzene rings is 1. The van der Waals surface area contributed by atoms with Crippen LogP contribution in [0.25, 0.3) is 0 Å². The van der Waals surface area contributed by atoms with Crippen LogP contribution in [0.3, 0.4) is 0 Å². The van der Waals surface area contributed by atoms with Crippen LogP contribution in [0.15, 0.2) is 41.1 Å². The Labute approximate surface area is 144 Å². The molecule has 7 heteroatoms. The highest BCUT2D eigenvalue weighted by Gasteiger charge is 2.06. The number of carbonyl (C=O) groups is 3. The maximum absolute atomic E-state index is 11.8. The molecule has 0 bridgehead atoms. The van der Waals surface area contributed by atoms with Crippen molar-refractivity contribution < 1.29 is 14.4 Å². The van der Waals surface area contributed by atoms with Gasteiger partial charge in [0.05, 0.1) is 0 Å². The second-order valence-corrected chi connectivity index (χ2v) is 5.99. The Balaban J connectivity index is 1.63. The molecule has 0 radical (unpaired) electrons. The maximum Gasteiger partial charge on any atom is 0.252 e. The Morgan fingerprint density at radius 1 is 1.00 bits per heavy atom. The van der Waals surface area contributed by atoms with Gasteiger partial charge in [0.15, 0.2) is 0 Å². The van der Waals surface area contributed by atoms with Gasteiger partial charge in [0.25, 0.3) is 5.91 Å². The van der Waals surface area contributed by atoms with E-state index in [9.17, 15) is 14.4 Å². The molecule has 4 N–H and O–H groups in total. The van der Waals surface area contributed by atoms with Gasteiger partial charge >= 0.3 is 0 Å². The number of amides is 3. The maximum atomic E-state index is 11.8. The van der Waals surface area contributed by atoms with Crippen LogP contribution >= 0.6 is 11.3 Å². The second kappa shape index (κ2) is 8.83. The lowest BCUT2D eigenvalue weighted by atomic mass is 10.1. The summed E-state index contributed by atoms with van der Waals surface area (Å²) < 4.78 is 0. The van der Waals surface area contributed by atoms with Gasteiger partial charge < -0.3 is 16.4 Å². The van der Waals surface area contributed by atoms with Crippen LogP contribution in [0.2, 0.25) is 0 Å². The van der Waals surface area contributed by atoms with Crippen molar-refractivity contribution >= 4 is 29.1 Å². The standard InChI is InChI=1S/C17H19N3O3S/c18-16(22)13-5-3-12(4-6-13)10-20-15(21)2-1-8-19-17(23)14-7-9-24-11-14/h3-7,9,11H,1-2,8,10H2,(H2,18,22)(H,19,23)(H,20,21). The van der Waals surface area contributed by atoms with Crippen LogP contribution in [-0.4, -0.2) is 24.3 Å². The lowest BCUT2D eigenvalue weighted by Gasteiger charge is -2.07. The van der Waals surface area contributed by atoms with Gasteiger partial charge in [0, 0.05) is 36.0 Å². The number of rotatable bonds is 8. The normalized spacial score (nSPS) is 10.2.